The van der Waals surface area contributed by atoms with Gasteiger partial charge >= 0.3 is 23.1 Å². The first kappa shape index (κ1) is 42.6. The summed E-state index contributed by atoms with van der Waals surface area (Å²) in [4.78, 5) is 0. The van der Waals surface area contributed by atoms with Gasteiger partial charge in [0, 0.05) is 31.1 Å². The molecule has 0 amide bonds. The summed E-state index contributed by atoms with van der Waals surface area (Å²) in [5, 5.41) is 0. The van der Waals surface area contributed by atoms with Gasteiger partial charge in [-0.3, -0.25) is 0 Å². The van der Waals surface area contributed by atoms with Crippen LogP contribution in [0.25, 0.3) is 0 Å². The molecule has 0 aromatic carbocycles. The Kier molecular flexibility index (Phi) is 234. The standard InChI is InChI=1S/Mg.2O.U/q+2;2*-2;. The maximum Gasteiger partial charge on any atom is 2.00 e. The summed E-state index contributed by atoms with van der Waals surface area (Å²) in [5.41, 5.74) is 0. The fourth-order valence-corrected chi connectivity index (χ4v) is 0. The molecule has 0 bridgehead atoms. The summed E-state index contributed by atoms with van der Waals surface area (Å²) in [7, 11) is 0. The minimum absolute atomic E-state index is 0. The topological polar surface area (TPSA) is 57.0 Å². The van der Waals surface area contributed by atoms with E-state index in [9.17, 15) is 0 Å². The third kappa shape index (κ3) is 9.28. The van der Waals surface area contributed by atoms with Gasteiger partial charge in [-0.15, -0.1) is 0 Å². The van der Waals surface area contributed by atoms with Crippen molar-refractivity contribution in [1.29, 1.82) is 0 Å². The summed E-state index contributed by atoms with van der Waals surface area (Å²) in [6.07, 6.45) is 0. The second-order valence-electron chi connectivity index (χ2n) is 0. The molecule has 0 radical (unpaired) electrons. The van der Waals surface area contributed by atoms with Crippen LogP contribution in [0.3, 0.4) is 0 Å². The molecule has 0 rings (SSSR count). The van der Waals surface area contributed by atoms with Gasteiger partial charge in [0.15, 0.2) is 0 Å². The molecule has 0 atom stereocenters. The Morgan fingerprint density at radius 1 is 0.750 bits per heavy atom. The Morgan fingerprint density at radius 2 is 0.750 bits per heavy atom. The van der Waals surface area contributed by atoms with Crippen LogP contribution in [0.4, 0.5) is 0 Å². The summed E-state index contributed by atoms with van der Waals surface area (Å²) in [6.45, 7) is 0. The Hall–Kier alpha value is 1.74. The molecule has 0 saturated carbocycles. The van der Waals surface area contributed by atoms with Crippen molar-refractivity contribution in [2.75, 3.05) is 0 Å². The van der Waals surface area contributed by atoms with E-state index < -0.39 is 0 Å². The van der Waals surface area contributed by atoms with Crippen molar-refractivity contribution < 1.29 is 42.1 Å². The van der Waals surface area contributed by atoms with E-state index in [2.05, 4.69) is 0 Å². The quantitative estimate of drug-likeness (QED) is 0.535. The second-order valence-corrected chi connectivity index (χ2v) is 0. The molecular formula is MgO2U-2. The van der Waals surface area contributed by atoms with E-state index in [1.165, 1.54) is 0 Å². The van der Waals surface area contributed by atoms with Crippen LogP contribution in [-0.2, 0) is 11.0 Å². The van der Waals surface area contributed by atoms with Crippen LogP contribution in [0, 0.1) is 31.1 Å². The van der Waals surface area contributed by atoms with E-state index in [4.69, 9.17) is 0 Å². The molecule has 2 nitrogen and oxygen atoms in total. The molecule has 20 valence electrons. The van der Waals surface area contributed by atoms with Crippen molar-refractivity contribution in [2.24, 2.45) is 0 Å². The maximum atomic E-state index is 0. The van der Waals surface area contributed by atoms with E-state index in [0.29, 0.717) is 0 Å². The van der Waals surface area contributed by atoms with Crippen molar-refractivity contribution in [2.45, 2.75) is 0 Å². The van der Waals surface area contributed by atoms with Crippen molar-refractivity contribution >= 4 is 23.1 Å². The van der Waals surface area contributed by atoms with Crippen LogP contribution in [0.2, 0.25) is 0 Å². The van der Waals surface area contributed by atoms with Gasteiger partial charge in [-0.2, -0.15) is 0 Å². The molecule has 0 fully saturated rings. The Balaban J connectivity index is 0. The molecule has 4 heavy (non-hydrogen) atoms. The Labute approximate surface area is 64.5 Å². The van der Waals surface area contributed by atoms with Gasteiger partial charge in [-0.1, -0.05) is 0 Å². The van der Waals surface area contributed by atoms with Crippen LogP contribution in [0.5, 0.6) is 0 Å². The first-order chi connectivity index (χ1) is 0. The third-order valence-electron chi connectivity index (χ3n) is 0. The van der Waals surface area contributed by atoms with Crippen LogP contribution in [-0.4, -0.2) is 23.1 Å². The maximum absolute atomic E-state index is 0. The normalized spacial score (nSPS) is 0. The molecule has 0 aliphatic heterocycles. The summed E-state index contributed by atoms with van der Waals surface area (Å²) >= 11 is 0. The average molecular weight is 294 g/mol. The molecule has 0 unspecified atom stereocenters. The fraction of sp³-hybridized carbons (Fsp3) is 0. The molecule has 0 spiro atoms. The van der Waals surface area contributed by atoms with E-state index in [0.717, 1.165) is 0 Å². The first-order valence-electron chi connectivity index (χ1n) is 0. The van der Waals surface area contributed by atoms with E-state index in [1.54, 1.807) is 0 Å². The minimum atomic E-state index is 0. The van der Waals surface area contributed by atoms with Gasteiger partial charge in [0.05, 0.1) is 0 Å². The van der Waals surface area contributed by atoms with Crippen molar-refractivity contribution in [3.8, 4) is 0 Å². The molecule has 0 aromatic heterocycles. The zero-order valence-electron chi connectivity index (χ0n) is 2.02. The number of hydrogen-bond donors (Lipinski definition) is 0. The molecule has 0 N–H and O–H groups in total. The fourth-order valence-electron chi connectivity index (χ4n) is 0. The van der Waals surface area contributed by atoms with E-state index >= 15 is 0 Å². The SMILES string of the molecule is [Mg+2].[O-2].[O-2].[U]. The molecule has 0 aliphatic rings. The van der Waals surface area contributed by atoms with Crippen LogP contribution in [0.1, 0.15) is 0 Å². The molecular weight excluding hydrogens is 294 g/mol. The van der Waals surface area contributed by atoms with Crippen molar-refractivity contribution in [3.63, 3.8) is 0 Å². The van der Waals surface area contributed by atoms with Gasteiger partial charge in [-0.05, 0) is 0 Å². The van der Waals surface area contributed by atoms with Crippen LogP contribution >= 0.6 is 0 Å². The molecule has 0 saturated heterocycles. The van der Waals surface area contributed by atoms with Crippen molar-refractivity contribution in [3.05, 3.63) is 0 Å². The number of hydrogen-bond acceptors (Lipinski definition) is 0. The summed E-state index contributed by atoms with van der Waals surface area (Å²) < 4.78 is 0. The smallest absolute Gasteiger partial charge is 2.00 e. The number of rotatable bonds is 0. The Bertz CT molecular complexity index is 6.00. The van der Waals surface area contributed by atoms with Gasteiger partial charge in [0.25, 0.3) is 0 Å². The van der Waals surface area contributed by atoms with Crippen molar-refractivity contribution in [1.82, 2.24) is 0 Å². The third-order valence-corrected chi connectivity index (χ3v) is 0. The molecule has 0 heterocycles. The largest absolute Gasteiger partial charge is 2.00 e. The zero-order valence-corrected chi connectivity index (χ0v) is 7.60. The first-order valence-corrected chi connectivity index (χ1v) is 0. The van der Waals surface area contributed by atoms with Crippen LogP contribution < -0.4 is 0 Å². The monoisotopic (exact) mass is 294 g/mol. The van der Waals surface area contributed by atoms with E-state index in [-0.39, 0.29) is 65.1 Å². The molecule has 0 aliphatic carbocycles. The second kappa shape index (κ2) is 21.9. The van der Waals surface area contributed by atoms with Gasteiger partial charge in [-0.25, -0.2) is 0 Å². The predicted octanol–water partition coefficient (Wildman–Crippen LogP) is -0.618. The molecule has 0 aromatic rings. The molecule has 4 heteroatoms. The van der Waals surface area contributed by atoms with Gasteiger partial charge < -0.3 is 11.0 Å². The average Bonchev–Trinajstić information content (AvgIpc) is 0. The summed E-state index contributed by atoms with van der Waals surface area (Å²) in [5.74, 6) is 0. The Morgan fingerprint density at radius 3 is 0.750 bits per heavy atom. The predicted molar refractivity (Wildman–Crippen MR) is 7.13 cm³/mol. The van der Waals surface area contributed by atoms with E-state index in [1.807, 2.05) is 0 Å². The van der Waals surface area contributed by atoms with Crippen LogP contribution in [0.15, 0.2) is 0 Å². The summed E-state index contributed by atoms with van der Waals surface area (Å²) in [6, 6.07) is 0. The van der Waals surface area contributed by atoms with Gasteiger partial charge in [0.2, 0.25) is 0 Å². The zero-order chi connectivity index (χ0) is 0. The van der Waals surface area contributed by atoms with Gasteiger partial charge in [0.1, 0.15) is 0 Å². The minimum Gasteiger partial charge on any atom is -2.00 e.